The molecule has 3 aromatic heterocycles. The molecule has 0 saturated carbocycles. The molecule has 0 aliphatic carbocycles. The summed E-state index contributed by atoms with van der Waals surface area (Å²) in [6.07, 6.45) is 1.50. The number of H-pyrrole nitrogens is 2. The van der Waals surface area contributed by atoms with Gasteiger partial charge in [0.05, 0.1) is 25.0 Å². The van der Waals surface area contributed by atoms with Crippen LogP contribution in [0.4, 0.5) is 14.6 Å². The maximum atomic E-state index is 14.6. The summed E-state index contributed by atoms with van der Waals surface area (Å²) in [5.41, 5.74) is 2.06. The number of carbonyl (C=O) groups is 1. The summed E-state index contributed by atoms with van der Waals surface area (Å²) in [5.74, 6) is -1.07. The van der Waals surface area contributed by atoms with E-state index in [0.29, 0.717) is 29.8 Å². The maximum absolute atomic E-state index is 14.6. The number of halogens is 2. The maximum Gasteiger partial charge on any atom is 0.267 e. The number of hydrogen-bond donors (Lipinski definition) is 2. The van der Waals surface area contributed by atoms with Gasteiger partial charge in [0.2, 0.25) is 0 Å². The predicted molar refractivity (Wildman–Crippen MR) is 117 cm³/mol. The lowest BCUT2D eigenvalue weighted by Gasteiger charge is -2.27. The second-order valence-electron chi connectivity index (χ2n) is 7.79. The molecule has 9 nitrogen and oxygen atoms in total. The summed E-state index contributed by atoms with van der Waals surface area (Å²) in [5, 5.41) is 9.76. The van der Waals surface area contributed by atoms with Crippen molar-refractivity contribution in [2.75, 3.05) is 11.4 Å². The second kappa shape index (κ2) is 8.08. The highest BCUT2D eigenvalue weighted by atomic mass is 19.1. The first kappa shape index (κ1) is 20.7. The minimum absolute atomic E-state index is 0. The topological polar surface area (TPSA) is 113 Å². The van der Waals surface area contributed by atoms with Crippen molar-refractivity contribution in [3.8, 4) is 11.5 Å². The van der Waals surface area contributed by atoms with Gasteiger partial charge in [-0.1, -0.05) is 18.2 Å². The number of aromatic amines is 2. The van der Waals surface area contributed by atoms with Crippen molar-refractivity contribution < 1.29 is 15.0 Å². The summed E-state index contributed by atoms with van der Waals surface area (Å²) < 4.78 is 30.1. The zero-order chi connectivity index (χ0) is 23.1. The second-order valence-corrected chi connectivity index (χ2v) is 7.79. The molecule has 33 heavy (non-hydrogen) atoms. The first-order chi connectivity index (χ1) is 15.9. The zero-order valence-corrected chi connectivity index (χ0v) is 17.6. The fraction of sp³-hybridized carbons (Fsp3) is 0.227. The van der Waals surface area contributed by atoms with E-state index >= 15 is 0 Å². The molecule has 1 aliphatic rings. The van der Waals surface area contributed by atoms with E-state index in [1.54, 1.807) is 23.1 Å². The van der Waals surface area contributed by atoms with Gasteiger partial charge in [0.1, 0.15) is 17.2 Å². The smallest absolute Gasteiger partial charge is 0.267 e. The molecule has 4 heterocycles. The third-order valence-electron chi connectivity index (χ3n) is 5.62. The molecule has 0 saturated heterocycles. The van der Waals surface area contributed by atoms with Crippen molar-refractivity contribution in [1.29, 1.82) is 0 Å². The van der Waals surface area contributed by atoms with Gasteiger partial charge in [-0.3, -0.25) is 19.4 Å². The van der Waals surface area contributed by atoms with Crippen LogP contribution in [-0.4, -0.2) is 42.3 Å². The minimum Gasteiger partial charge on any atom is -0.348 e. The third kappa shape index (κ3) is 3.81. The van der Waals surface area contributed by atoms with Crippen LogP contribution in [0.2, 0.25) is 0 Å². The quantitative estimate of drug-likeness (QED) is 0.450. The van der Waals surface area contributed by atoms with Gasteiger partial charge in [0, 0.05) is 26.0 Å². The molecule has 0 amide bonds. The summed E-state index contributed by atoms with van der Waals surface area (Å²) >= 11 is 0. The number of Topliss-reactive ketones (excluding diaryl/α,β-unsaturated/α-hetero) is 1. The SMILES string of the molecule is CC(=O)c1cc(-c2ncc(F)c(N3CCc4c([nH][nH]c4=O)C3)n2)nn1Cc1ccccc1F.[HH]. The van der Waals surface area contributed by atoms with Gasteiger partial charge < -0.3 is 10.00 Å². The Hall–Kier alpha value is -4.15. The average Bonchev–Trinajstić information content (AvgIpc) is 3.39. The highest BCUT2D eigenvalue weighted by molar-refractivity contribution is 5.93. The molecule has 2 N–H and O–H groups in total. The fourth-order valence-electron chi connectivity index (χ4n) is 3.94. The van der Waals surface area contributed by atoms with Crippen LogP contribution in [0.5, 0.6) is 0 Å². The van der Waals surface area contributed by atoms with Crippen LogP contribution >= 0.6 is 0 Å². The Kier molecular flexibility index (Phi) is 5.08. The number of hydrogen-bond acceptors (Lipinski definition) is 6. The number of carbonyl (C=O) groups excluding carboxylic acids is 1. The van der Waals surface area contributed by atoms with Crippen LogP contribution in [0.3, 0.4) is 0 Å². The lowest BCUT2D eigenvalue weighted by Crippen LogP contribution is -2.33. The lowest BCUT2D eigenvalue weighted by atomic mass is 10.1. The van der Waals surface area contributed by atoms with Crippen molar-refractivity contribution in [3.63, 3.8) is 0 Å². The highest BCUT2D eigenvalue weighted by Crippen LogP contribution is 2.25. The normalized spacial score (nSPS) is 13.2. The van der Waals surface area contributed by atoms with Crippen molar-refractivity contribution >= 4 is 11.6 Å². The van der Waals surface area contributed by atoms with Crippen LogP contribution in [0, 0.1) is 11.6 Å². The van der Waals surface area contributed by atoms with Crippen molar-refractivity contribution in [3.05, 3.63) is 81.0 Å². The number of fused-ring (bicyclic) bond motifs is 1. The molecule has 0 bridgehead atoms. The molecule has 0 atom stereocenters. The van der Waals surface area contributed by atoms with Gasteiger partial charge in [0.15, 0.2) is 23.2 Å². The minimum atomic E-state index is -0.613. The van der Waals surface area contributed by atoms with E-state index in [9.17, 15) is 18.4 Å². The van der Waals surface area contributed by atoms with E-state index in [1.807, 2.05) is 0 Å². The number of nitrogens with one attached hydrogen (secondary N) is 2. The van der Waals surface area contributed by atoms with Crippen LogP contribution in [0.1, 0.15) is 35.7 Å². The molecule has 0 spiro atoms. The molecule has 0 unspecified atom stereocenters. The van der Waals surface area contributed by atoms with E-state index in [2.05, 4.69) is 25.3 Å². The molecule has 170 valence electrons. The first-order valence-corrected chi connectivity index (χ1v) is 10.3. The molecule has 0 radical (unpaired) electrons. The molecule has 4 aromatic rings. The van der Waals surface area contributed by atoms with Crippen LogP contribution in [-0.2, 0) is 19.5 Å². The Morgan fingerprint density at radius 1 is 1.21 bits per heavy atom. The van der Waals surface area contributed by atoms with Crippen LogP contribution < -0.4 is 10.5 Å². The third-order valence-corrected chi connectivity index (χ3v) is 5.62. The predicted octanol–water partition coefficient (Wildman–Crippen LogP) is 2.69. The van der Waals surface area contributed by atoms with E-state index in [1.165, 1.54) is 23.7 Å². The van der Waals surface area contributed by atoms with Crippen molar-refractivity contribution in [1.82, 2.24) is 29.9 Å². The fourth-order valence-corrected chi connectivity index (χ4v) is 3.94. The summed E-state index contributed by atoms with van der Waals surface area (Å²) in [6, 6.07) is 7.75. The van der Waals surface area contributed by atoms with Crippen LogP contribution in [0.25, 0.3) is 11.5 Å². The molecule has 1 aliphatic heterocycles. The molecule has 0 fully saturated rings. The average molecular weight is 453 g/mol. The number of benzene rings is 1. The van der Waals surface area contributed by atoms with Gasteiger partial charge in [0.25, 0.3) is 5.56 Å². The summed E-state index contributed by atoms with van der Waals surface area (Å²) in [4.78, 5) is 34.1. The van der Waals surface area contributed by atoms with E-state index in [-0.39, 0.29) is 48.9 Å². The van der Waals surface area contributed by atoms with Gasteiger partial charge in [-0.15, -0.1) is 0 Å². The van der Waals surface area contributed by atoms with Gasteiger partial charge >= 0.3 is 0 Å². The summed E-state index contributed by atoms with van der Waals surface area (Å²) in [6.45, 7) is 2.12. The van der Waals surface area contributed by atoms with E-state index < -0.39 is 11.6 Å². The highest BCUT2D eigenvalue weighted by Gasteiger charge is 2.25. The Bertz CT molecular complexity index is 1430. The van der Waals surface area contributed by atoms with Gasteiger partial charge in [-0.05, 0) is 18.6 Å². The molecular weight excluding hydrogens is 432 g/mol. The number of nitrogens with zero attached hydrogens (tertiary/aromatic N) is 5. The first-order valence-electron chi connectivity index (χ1n) is 10.3. The van der Waals surface area contributed by atoms with E-state index in [0.717, 1.165) is 6.20 Å². The Balaban J connectivity index is 0.00000274. The summed E-state index contributed by atoms with van der Waals surface area (Å²) in [7, 11) is 0. The molecular formula is C22H21F2N7O2. The molecule has 5 rings (SSSR count). The largest absolute Gasteiger partial charge is 0.348 e. The standard InChI is InChI=1S/C22H19F2N7O2.H2/c1-12(32)19-8-17(29-31(19)10-13-4-2-3-5-15(13)23)20-25-9-16(24)21(26-20)30-7-6-14-18(11-30)27-28-22(14)33;/h2-5,8-9H,6-7,10-11H2,1H3,(H2,27,28,33);1H. The van der Waals surface area contributed by atoms with E-state index in [4.69, 9.17) is 0 Å². The number of rotatable bonds is 5. The van der Waals surface area contributed by atoms with Crippen molar-refractivity contribution in [2.24, 2.45) is 0 Å². The van der Waals surface area contributed by atoms with Crippen LogP contribution in [0.15, 0.2) is 41.3 Å². The number of aromatic nitrogens is 6. The molecule has 11 heteroatoms. The lowest BCUT2D eigenvalue weighted by molar-refractivity contribution is 0.100. The monoisotopic (exact) mass is 453 g/mol. The van der Waals surface area contributed by atoms with Gasteiger partial charge in [-0.2, -0.15) is 5.10 Å². The zero-order valence-electron chi connectivity index (χ0n) is 17.6. The Morgan fingerprint density at radius 2 is 2.03 bits per heavy atom. The van der Waals surface area contributed by atoms with Crippen molar-refractivity contribution in [2.45, 2.75) is 26.4 Å². The number of anilines is 1. The van der Waals surface area contributed by atoms with Gasteiger partial charge in [-0.25, -0.2) is 18.7 Å². The number of ketones is 1. The molecule has 1 aromatic carbocycles. The Morgan fingerprint density at radius 3 is 2.82 bits per heavy atom. The Labute approximate surface area is 187 Å².